The number of aromatic nitrogens is 5. The van der Waals surface area contributed by atoms with Crippen LogP contribution in [0, 0.1) is 5.41 Å². The molecule has 1 atom stereocenters. The molecule has 3 rings (SSSR count). The van der Waals surface area contributed by atoms with Crippen LogP contribution < -0.4 is 5.32 Å². The molecule has 7 nitrogen and oxygen atoms in total. The molecule has 0 spiro atoms. The maximum Gasteiger partial charge on any atom is 0.230 e. The number of carbonyl (C=O) groups excluding carboxylic acids is 1. The number of carbonyl (C=O) groups is 1. The molecule has 1 aromatic carbocycles. The molecule has 0 saturated carbocycles. The van der Waals surface area contributed by atoms with Gasteiger partial charge in [0, 0.05) is 24.6 Å². The van der Waals surface area contributed by atoms with E-state index in [0.717, 1.165) is 5.69 Å². The van der Waals surface area contributed by atoms with Crippen molar-refractivity contribution in [2.45, 2.75) is 58.3 Å². The highest BCUT2D eigenvalue weighted by Gasteiger charge is 2.26. The lowest BCUT2D eigenvalue weighted by atomic mass is 9.86. The molecular weight excluding hydrogens is 396 g/mol. The lowest BCUT2D eigenvalue weighted by Gasteiger charge is -2.31. The Balaban J connectivity index is 1.62. The van der Waals surface area contributed by atoms with Crippen molar-refractivity contribution in [2.75, 3.05) is 5.75 Å². The smallest absolute Gasteiger partial charge is 0.230 e. The van der Waals surface area contributed by atoms with E-state index in [-0.39, 0.29) is 23.1 Å². The van der Waals surface area contributed by atoms with Crippen LogP contribution >= 0.6 is 11.8 Å². The molecule has 0 bridgehead atoms. The first-order valence-corrected chi connectivity index (χ1v) is 11.1. The highest BCUT2D eigenvalue weighted by atomic mass is 32.2. The summed E-state index contributed by atoms with van der Waals surface area (Å²) in [6.07, 6.45) is 7.11. The van der Waals surface area contributed by atoms with E-state index < -0.39 is 0 Å². The van der Waals surface area contributed by atoms with E-state index in [9.17, 15) is 4.79 Å². The second-order valence-corrected chi connectivity index (χ2v) is 9.71. The van der Waals surface area contributed by atoms with Crippen LogP contribution in [0.1, 0.15) is 46.1 Å². The molecule has 0 fully saturated rings. The zero-order valence-corrected chi connectivity index (χ0v) is 19.1. The minimum absolute atomic E-state index is 0.0127. The zero-order chi connectivity index (χ0) is 21.7. The van der Waals surface area contributed by atoms with Gasteiger partial charge in [0.25, 0.3) is 0 Å². The topological polar surface area (TPSA) is 77.6 Å². The normalized spacial score (nSPS) is 12.9. The van der Waals surface area contributed by atoms with Crippen molar-refractivity contribution < 1.29 is 4.79 Å². The molecule has 0 aliphatic rings. The van der Waals surface area contributed by atoms with Crippen LogP contribution in [0.25, 0.3) is 5.69 Å². The lowest BCUT2D eigenvalue weighted by molar-refractivity contribution is -0.120. The second-order valence-electron chi connectivity index (χ2n) is 8.76. The predicted octanol–water partition coefficient (Wildman–Crippen LogP) is 3.91. The SMILES string of the molecule is CC(C)c1ccc(-n2cnnc2SCC(=O)NC(Cn2ccnc2)C(C)(C)C)cc1. The minimum atomic E-state index is -0.0806. The number of benzene rings is 1. The number of imidazole rings is 1. The number of hydrogen-bond donors (Lipinski definition) is 1. The summed E-state index contributed by atoms with van der Waals surface area (Å²) in [4.78, 5) is 16.8. The van der Waals surface area contributed by atoms with Gasteiger partial charge < -0.3 is 9.88 Å². The highest BCUT2D eigenvalue weighted by molar-refractivity contribution is 7.99. The van der Waals surface area contributed by atoms with Crippen LogP contribution in [0.5, 0.6) is 0 Å². The molecule has 0 radical (unpaired) electrons. The van der Waals surface area contributed by atoms with Crippen LogP contribution in [0.2, 0.25) is 0 Å². The number of hydrogen-bond acceptors (Lipinski definition) is 5. The largest absolute Gasteiger partial charge is 0.350 e. The lowest BCUT2D eigenvalue weighted by Crippen LogP contribution is -2.47. The molecule has 30 heavy (non-hydrogen) atoms. The van der Waals surface area contributed by atoms with E-state index in [2.05, 4.69) is 79.4 Å². The van der Waals surface area contributed by atoms with Crippen LogP contribution in [-0.4, -0.2) is 42.0 Å². The summed E-state index contributed by atoms with van der Waals surface area (Å²) in [5.41, 5.74) is 2.19. The number of rotatable bonds is 8. The van der Waals surface area contributed by atoms with Gasteiger partial charge in [0.15, 0.2) is 5.16 Å². The summed E-state index contributed by atoms with van der Waals surface area (Å²) >= 11 is 1.39. The molecule has 3 aromatic rings. The van der Waals surface area contributed by atoms with Gasteiger partial charge in [0.05, 0.1) is 18.1 Å². The molecule has 1 N–H and O–H groups in total. The van der Waals surface area contributed by atoms with Gasteiger partial charge in [0.1, 0.15) is 6.33 Å². The van der Waals surface area contributed by atoms with Gasteiger partial charge in [-0.25, -0.2) is 4.98 Å². The van der Waals surface area contributed by atoms with Gasteiger partial charge in [-0.15, -0.1) is 10.2 Å². The summed E-state index contributed by atoms with van der Waals surface area (Å²) < 4.78 is 3.90. The third-order valence-corrected chi connectivity index (χ3v) is 5.96. The first-order chi connectivity index (χ1) is 14.2. The minimum Gasteiger partial charge on any atom is -0.350 e. The number of nitrogens with one attached hydrogen (secondary N) is 1. The monoisotopic (exact) mass is 426 g/mol. The Morgan fingerprint density at radius 2 is 1.90 bits per heavy atom. The second kappa shape index (κ2) is 9.47. The Kier molecular flexibility index (Phi) is 6.97. The first-order valence-electron chi connectivity index (χ1n) is 10.1. The third kappa shape index (κ3) is 5.72. The summed E-state index contributed by atoms with van der Waals surface area (Å²) in [7, 11) is 0. The molecule has 2 aromatic heterocycles. The number of thioether (sulfide) groups is 1. The van der Waals surface area contributed by atoms with Crippen LogP contribution in [0.4, 0.5) is 0 Å². The van der Waals surface area contributed by atoms with E-state index in [4.69, 9.17) is 0 Å². The van der Waals surface area contributed by atoms with E-state index in [1.54, 1.807) is 18.9 Å². The molecule has 1 unspecified atom stereocenters. The van der Waals surface area contributed by atoms with Crippen molar-refractivity contribution >= 4 is 17.7 Å². The van der Waals surface area contributed by atoms with Gasteiger partial charge in [0.2, 0.25) is 5.91 Å². The molecular formula is C22H30N6OS. The molecule has 160 valence electrons. The van der Waals surface area contributed by atoms with Gasteiger partial charge in [-0.2, -0.15) is 0 Å². The fraction of sp³-hybridized carbons (Fsp3) is 0.455. The van der Waals surface area contributed by atoms with Gasteiger partial charge in [-0.1, -0.05) is 58.5 Å². The van der Waals surface area contributed by atoms with Crippen LogP contribution in [0.15, 0.2) is 54.5 Å². The molecule has 0 aliphatic carbocycles. The Hall–Kier alpha value is -2.61. The quantitative estimate of drug-likeness (QED) is 0.553. The van der Waals surface area contributed by atoms with Crippen molar-refractivity contribution in [2.24, 2.45) is 5.41 Å². The standard InChI is InChI=1S/C22H30N6OS/c1-16(2)17-6-8-18(9-7-17)28-15-24-26-21(28)30-13-20(29)25-19(22(3,4)5)12-27-11-10-23-14-27/h6-11,14-16,19H,12-13H2,1-5H3,(H,25,29). The van der Waals surface area contributed by atoms with E-state index in [1.807, 2.05) is 15.3 Å². The number of amides is 1. The number of nitrogens with zero attached hydrogens (tertiary/aromatic N) is 5. The molecule has 8 heteroatoms. The van der Waals surface area contributed by atoms with Crippen molar-refractivity contribution in [3.05, 3.63) is 54.9 Å². The Bertz CT molecular complexity index is 941. The summed E-state index contributed by atoms with van der Waals surface area (Å²) in [6.45, 7) is 11.4. The third-order valence-electron chi connectivity index (χ3n) is 5.02. The Labute approximate surface area is 182 Å². The average Bonchev–Trinajstić information content (AvgIpc) is 3.37. The van der Waals surface area contributed by atoms with Crippen LogP contribution in [0.3, 0.4) is 0 Å². The average molecular weight is 427 g/mol. The summed E-state index contributed by atoms with van der Waals surface area (Å²) in [6, 6.07) is 8.34. The Morgan fingerprint density at radius 3 is 2.50 bits per heavy atom. The molecule has 0 saturated heterocycles. The summed E-state index contributed by atoms with van der Waals surface area (Å²) in [5.74, 6) is 0.736. The van der Waals surface area contributed by atoms with E-state index in [0.29, 0.717) is 17.6 Å². The highest BCUT2D eigenvalue weighted by Crippen LogP contribution is 2.23. The van der Waals surface area contributed by atoms with Gasteiger partial charge >= 0.3 is 0 Å². The van der Waals surface area contributed by atoms with Gasteiger partial charge in [-0.3, -0.25) is 9.36 Å². The molecule has 2 heterocycles. The van der Waals surface area contributed by atoms with Crippen LogP contribution in [-0.2, 0) is 11.3 Å². The predicted molar refractivity (Wildman–Crippen MR) is 120 cm³/mol. The fourth-order valence-electron chi connectivity index (χ4n) is 3.03. The van der Waals surface area contributed by atoms with E-state index >= 15 is 0 Å². The maximum atomic E-state index is 12.7. The van der Waals surface area contributed by atoms with Crippen molar-refractivity contribution in [3.8, 4) is 5.69 Å². The zero-order valence-electron chi connectivity index (χ0n) is 18.2. The fourth-order valence-corrected chi connectivity index (χ4v) is 3.77. The molecule has 1 amide bonds. The Morgan fingerprint density at radius 1 is 1.17 bits per heavy atom. The van der Waals surface area contributed by atoms with Crippen molar-refractivity contribution in [1.29, 1.82) is 0 Å². The molecule has 0 aliphatic heterocycles. The first kappa shape index (κ1) is 22.1. The van der Waals surface area contributed by atoms with Crippen molar-refractivity contribution in [3.63, 3.8) is 0 Å². The summed E-state index contributed by atoms with van der Waals surface area (Å²) in [5, 5.41) is 12.1. The maximum absolute atomic E-state index is 12.7. The van der Waals surface area contributed by atoms with E-state index in [1.165, 1.54) is 17.3 Å². The van der Waals surface area contributed by atoms with Gasteiger partial charge in [-0.05, 0) is 29.0 Å². The van der Waals surface area contributed by atoms with Crippen molar-refractivity contribution in [1.82, 2.24) is 29.6 Å².